The molecule has 0 saturated heterocycles. The quantitative estimate of drug-likeness (QED) is 0.716. The van der Waals surface area contributed by atoms with Crippen LogP contribution in [0.15, 0.2) is 24.3 Å². The van der Waals surface area contributed by atoms with Gasteiger partial charge in [0.2, 0.25) is 0 Å². The number of H-pyrrole nitrogens is 1. The third-order valence-electron chi connectivity index (χ3n) is 3.91. The Hall–Kier alpha value is -2.34. The Morgan fingerprint density at radius 3 is 3.13 bits per heavy atom. The molecule has 6 heteroatoms. The van der Waals surface area contributed by atoms with E-state index >= 15 is 0 Å². The van der Waals surface area contributed by atoms with Crippen molar-refractivity contribution in [2.75, 3.05) is 18.5 Å². The number of nitrogens with zero attached hydrogens (tertiary/aromatic N) is 1. The van der Waals surface area contributed by atoms with E-state index in [2.05, 4.69) is 27.8 Å². The van der Waals surface area contributed by atoms with E-state index in [0.717, 1.165) is 37.1 Å². The average molecular weight is 314 g/mol. The van der Waals surface area contributed by atoms with Crippen molar-refractivity contribution >= 4 is 11.6 Å². The van der Waals surface area contributed by atoms with Gasteiger partial charge in [-0.05, 0) is 18.6 Å². The van der Waals surface area contributed by atoms with Gasteiger partial charge in [0.05, 0.1) is 12.3 Å². The van der Waals surface area contributed by atoms with Crippen molar-refractivity contribution in [2.45, 2.75) is 32.7 Å². The monoisotopic (exact) mass is 314 g/mol. The Kier molecular flexibility index (Phi) is 4.92. The van der Waals surface area contributed by atoms with Crippen LogP contribution >= 0.6 is 0 Å². The lowest BCUT2D eigenvalue weighted by Crippen LogP contribution is -2.25. The fourth-order valence-electron chi connectivity index (χ4n) is 2.62. The summed E-state index contributed by atoms with van der Waals surface area (Å²) in [6.45, 7) is 4.34. The number of fused-ring (bicyclic) bond motifs is 1. The minimum Gasteiger partial charge on any atom is -0.491 e. The minimum absolute atomic E-state index is 0.210. The van der Waals surface area contributed by atoms with Crippen LogP contribution in [0.1, 0.15) is 41.5 Å². The van der Waals surface area contributed by atoms with Gasteiger partial charge in [-0.3, -0.25) is 9.89 Å². The zero-order chi connectivity index (χ0) is 16.1. The number of hydrogen-bond donors (Lipinski definition) is 3. The summed E-state index contributed by atoms with van der Waals surface area (Å²) in [7, 11) is 0. The van der Waals surface area contributed by atoms with Crippen LogP contribution in [0.2, 0.25) is 0 Å². The Balaban J connectivity index is 1.74. The molecule has 0 unspecified atom stereocenters. The molecule has 23 heavy (non-hydrogen) atoms. The molecular weight excluding hydrogens is 292 g/mol. The number of rotatable bonds is 6. The van der Waals surface area contributed by atoms with Gasteiger partial charge in [-0.15, -0.1) is 0 Å². The molecule has 0 aliphatic carbocycles. The van der Waals surface area contributed by atoms with E-state index in [-0.39, 0.29) is 5.91 Å². The first kappa shape index (κ1) is 15.6. The summed E-state index contributed by atoms with van der Waals surface area (Å²) in [4.78, 5) is 12.6. The molecule has 0 fully saturated rings. The highest BCUT2D eigenvalue weighted by molar-refractivity contribution is 6.04. The Bertz CT molecular complexity index is 681. The fourth-order valence-corrected chi connectivity index (χ4v) is 2.62. The van der Waals surface area contributed by atoms with Crippen LogP contribution in [0.3, 0.4) is 0 Å². The first-order chi connectivity index (χ1) is 11.3. The largest absolute Gasteiger partial charge is 0.491 e. The molecule has 3 N–H and O–H groups in total. The summed E-state index contributed by atoms with van der Waals surface area (Å²) < 4.78 is 5.75. The third kappa shape index (κ3) is 3.53. The minimum atomic E-state index is -0.210. The van der Waals surface area contributed by atoms with Gasteiger partial charge in [0.25, 0.3) is 5.91 Å². The molecule has 1 amide bonds. The lowest BCUT2D eigenvalue weighted by Gasteiger charge is -2.14. The van der Waals surface area contributed by atoms with Gasteiger partial charge in [-0.2, -0.15) is 5.10 Å². The number of para-hydroxylation sites is 2. The number of carbonyl (C=O) groups is 1. The summed E-state index contributed by atoms with van der Waals surface area (Å²) >= 11 is 0. The fraction of sp³-hybridized carbons (Fsp3) is 0.412. The van der Waals surface area contributed by atoms with Gasteiger partial charge in [-0.25, -0.2) is 0 Å². The van der Waals surface area contributed by atoms with Crippen LogP contribution < -0.4 is 15.4 Å². The Morgan fingerprint density at radius 2 is 2.26 bits per heavy atom. The zero-order valence-corrected chi connectivity index (χ0v) is 13.3. The Morgan fingerprint density at radius 1 is 1.39 bits per heavy atom. The number of benzene rings is 1. The molecule has 2 heterocycles. The van der Waals surface area contributed by atoms with E-state index in [9.17, 15) is 4.79 Å². The summed E-state index contributed by atoms with van der Waals surface area (Å²) in [5.74, 6) is 0.481. The molecule has 2 aromatic rings. The van der Waals surface area contributed by atoms with Crippen molar-refractivity contribution < 1.29 is 9.53 Å². The number of aromatic nitrogens is 2. The lowest BCUT2D eigenvalue weighted by atomic mass is 10.1. The van der Waals surface area contributed by atoms with Crippen LogP contribution in [0.5, 0.6) is 5.75 Å². The first-order valence-electron chi connectivity index (χ1n) is 8.09. The van der Waals surface area contributed by atoms with Crippen molar-refractivity contribution in [3.63, 3.8) is 0 Å². The molecule has 0 atom stereocenters. The number of hydrogen-bond acceptors (Lipinski definition) is 4. The van der Waals surface area contributed by atoms with Gasteiger partial charge in [-0.1, -0.05) is 25.5 Å². The van der Waals surface area contributed by atoms with E-state index in [1.165, 1.54) is 0 Å². The normalized spacial score (nSPS) is 13.4. The standard InChI is InChI=1S/C17H22N4O2/c1-2-3-10-23-15-7-5-4-6-14(15)19-17(22)16-12-11-18-9-8-13(12)20-21-16/h4-7,18H,2-3,8-11H2,1H3,(H,19,22)(H,20,21). The Labute approximate surface area is 135 Å². The molecule has 122 valence electrons. The molecule has 0 radical (unpaired) electrons. The summed E-state index contributed by atoms with van der Waals surface area (Å²) in [6, 6.07) is 7.49. The van der Waals surface area contributed by atoms with E-state index in [4.69, 9.17) is 4.74 Å². The third-order valence-corrected chi connectivity index (χ3v) is 3.91. The second-order valence-corrected chi connectivity index (χ2v) is 5.61. The maximum atomic E-state index is 12.6. The molecule has 1 aromatic carbocycles. The van der Waals surface area contributed by atoms with Gasteiger partial charge in [0.15, 0.2) is 5.69 Å². The van der Waals surface area contributed by atoms with E-state index in [1.54, 1.807) is 0 Å². The number of amides is 1. The number of aromatic amines is 1. The van der Waals surface area contributed by atoms with Crippen LogP contribution in [0.25, 0.3) is 0 Å². The van der Waals surface area contributed by atoms with Gasteiger partial charge in [0, 0.05) is 30.8 Å². The summed E-state index contributed by atoms with van der Waals surface area (Å²) in [5.41, 5.74) is 3.13. The van der Waals surface area contributed by atoms with Crippen molar-refractivity contribution in [2.24, 2.45) is 0 Å². The second-order valence-electron chi connectivity index (χ2n) is 5.61. The van der Waals surface area contributed by atoms with Crippen molar-refractivity contribution in [1.29, 1.82) is 0 Å². The number of anilines is 1. The molecular formula is C17H22N4O2. The van der Waals surface area contributed by atoms with Crippen LogP contribution in [-0.2, 0) is 13.0 Å². The maximum absolute atomic E-state index is 12.6. The van der Waals surface area contributed by atoms with Crippen LogP contribution in [-0.4, -0.2) is 29.3 Å². The molecule has 1 aliphatic rings. The molecule has 0 saturated carbocycles. The highest BCUT2D eigenvalue weighted by Gasteiger charge is 2.22. The van der Waals surface area contributed by atoms with E-state index in [1.807, 2.05) is 24.3 Å². The highest BCUT2D eigenvalue weighted by Crippen LogP contribution is 2.25. The average Bonchev–Trinajstić information content (AvgIpc) is 3.01. The highest BCUT2D eigenvalue weighted by atomic mass is 16.5. The molecule has 6 nitrogen and oxygen atoms in total. The second kappa shape index (κ2) is 7.28. The van der Waals surface area contributed by atoms with Crippen molar-refractivity contribution in [3.8, 4) is 5.75 Å². The first-order valence-corrected chi connectivity index (χ1v) is 8.09. The molecule has 0 bridgehead atoms. The molecule has 1 aromatic heterocycles. The topological polar surface area (TPSA) is 79.0 Å². The van der Waals surface area contributed by atoms with Crippen molar-refractivity contribution in [1.82, 2.24) is 15.5 Å². The predicted molar refractivity (Wildman–Crippen MR) is 88.8 cm³/mol. The van der Waals surface area contributed by atoms with Gasteiger partial charge < -0.3 is 15.4 Å². The number of nitrogens with one attached hydrogen (secondary N) is 3. The summed E-state index contributed by atoms with van der Waals surface area (Å²) in [5, 5.41) is 13.3. The number of carbonyl (C=O) groups excluding carboxylic acids is 1. The SMILES string of the molecule is CCCCOc1ccccc1NC(=O)c1n[nH]c2c1CNCC2. The van der Waals surface area contributed by atoms with E-state index < -0.39 is 0 Å². The van der Waals surface area contributed by atoms with Gasteiger partial charge >= 0.3 is 0 Å². The predicted octanol–water partition coefficient (Wildman–Crippen LogP) is 2.49. The molecule has 0 spiro atoms. The maximum Gasteiger partial charge on any atom is 0.276 e. The summed E-state index contributed by atoms with van der Waals surface area (Å²) in [6.07, 6.45) is 2.92. The lowest BCUT2D eigenvalue weighted by molar-refractivity contribution is 0.102. The van der Waals surface area contributed by atoms with Crippen molar-refractivity contribution in [3.05, 3.63) is 41.2 Å². The van der Waals surface area contributed by atoms with Gasteiger partial charge in [0.1, 0.15) is 5.75 Å². The number of unbranched alkanes of at least 4 members (excludes halogenated alkanes) is 1. The zero-order valence-electron chi connectivity index (χ0n) is 13.3. The van der Waals surface area contributed by atoms with E-state index in [0.29, 0.717) is 30.3 Å². The van der Waals surface area contributed by atoms with Crippen LogP contribution in [0.4, 0.5) is 5.69 Å². The number of ether oxygens (including phenoxy) is 1. The molecule has 1 aliphatic heterocycles. The molecule has 3 rings (SSSR count). The van der Waals surface area contributed by atoms with Crippen LogP contribution in [0, 0.1) is 0 Å². The smallest absolute Gasteiger partial charge is 0.276 e.